The van der Waals surface area contributed by atoms with Gasteiger partial charge in [-0.25, -0.2) is 4.98 Å². The summed E-state index contributed by atoms with van der Waals surface area (Å²) in [6, 6.07) is 4.08. The van der Waals surface area contributed by atoms with E-state index in [9.17, 15) is 0 Å². The molecule has 0 saturated heterocycles. The highest BCUT2D eigenvalue weighted by atomic mass is 32.1. The Balaban J connectivity index is 2.09. The van der Waals surface area contributed by atoms with Crippen molar-refractivity contribution in [1.82, 2.24) is 14.5 Å². The van der Waals surface area contributed by atoms with Crippen LogP contribution in [0.4, 0.5) is 0 Å². The Labute approximate surface area is 99.5 Å². The Morgan fingerprint density at radius 2 is 2.31 bits per heavy atom. The molecule has 1 aliphatic carbocycles. The Morgan fingerprint density at radius 3 is 3.00 bits per heavy atom. The molecule has 0 unspecified atom stereocenters. The van der Waals surface area contributed by atoms with Gasteiger partial charge in [0.1, 0.15) is 0 Å². The monoisotopic (exact) mass is 233 g/mol. The molecule has 16 heavy (non-hydrogen) atoms. The van der Waals surface area contributed by atoms with Crippen molar-refractivity contribution in [2.24, 2.45) is 5.92 Å². The second-order valence-electron chi connectivity index (χ2n) is 4.66. The first-order valence-corrected chi connectivity index (χ1v) is 6.21. The number of nitrogens with zero attached hydrogens (tertiary/aromatic N) is 2. The van der Waals surface area contributed by atoms with Crippen molar-refractivity contribution in [3.8, 4) is 0 Å². The molecule has 3 rings (SSSR count). The van der Waals surface area contributed by atoms with Gasteiger partial charge in [-0.2, -0.15) is 0 Å². The summed E-state index contributed by atoms with van der Waals surface area (Å²) in [5, 5.41) is 0. The molecule has 1 aliphatic rings. The van der Waals surface area contributed by atoms with Crippen LogP contribution >= 0.6 is 12.2 Å². The zero-order valence-corrected chi connectivity index (χ0v) is 10.2. The zero-order chi connectivity index (χ0) is 11.1. The fourth-order valence-corrected chi connectivity index (χ4v) is 2.50. The number of aryl methyl sites for hydroxylation is 1. The molecule has 1 N–H and O–H groups in total. The molecule has 0 amide bonds. The minimum absolute atomic E-state index is 0.799. The summed E-state index contributed by atoms with van der Waals surface area (Å²) in [6.45, 7) is 3.04. The van der Waals surface area contributed by atoms with Crippen LogP contribution in [0.2, 0.25) is 0 Å². The molecule has 3 nitrogen and oxygen atoms in total. The van der Waals surface area contributed by atoms with E-state index in [-0.39, 0.29) is 0 Å². The van der Waals surface area contributed by atoms with Gasteiger partial charge in [0.25, 0.3) is 0 Å². The highest BCUT2D eigenvalue weighted by molar-refractivity contribution is 7.71. The van der Waals surface area contributed by atoms with E-state index in [0.717, 1.165) is 34.1 Å². The van der Waals surface area contributed by atoms with Gasteiger partial charge in [-0.15, -0.1) is 0 Å². The lowest BCUT2D eigenvalue weighted by Crippen LogP contribution is -2.18. The summed E-state index contributed by atoms with van der Waals surface area (Å²) in [5.41, 5.74) is 3.11. The van der Waals surface area contributed by atoms with Crippen LogP contribution in [0, 0.1) is 17.6 Å². The molecule has 0 atom stereocenters. The maximum absolute atomic E-state index is 5.35. The highest BCUT2D eigenvalue weighted by Gasteiger charge is 2.19. The van der Waals surface area contributed by atoms with Crippen molar-refractivity contribution >= 4 is 23.4 Å². The zero-order valence-electron chi connectivity index (χ0n) is 9.36. The van der Waals surface area contributed by atoms with Gasteiger partial charge in [-0.3, -0.25) is 0 Å². The fraction of sp³-hybridized carbons (Fsp3) is 0.500. The number of imidazole rings is 1. The number of aromatic amines is 1. The number of hydrogen-bond acceptors (Lipinski definition) is 2. The average Bonchev–Trinajstić information content (AvgIpc) is 2.48. The van der Waals surface area contributed by atoms with Crippen LogP contribution < -0.4 is 0 Å². The summed E-state index contributed by atoms with van der Waals surface area (Å²) >= 11 is 5.35. The van der Waals surface area contributed by atoms with E-state index in [1.54, 1.807) is 0 Å². The molecule has 0 bridgehead atoms. The maximum atomic E-state index is 5.35. The number of hydrogen-bond donors (Lipinski definition) is 1. The quantitative estimate of drug-likeness (QED) is 0.808. The molecule has 2 aromatic heterocycles. The van der Waals surface area contributed by atoms with E-state index in [2.05, 4.69) is 20.6 Å². The third-order valence-corrected chi connectivity index (χ3v) is 3.74. The van der Waals surface area contributed by atoms with Crippen molar-refractivity contribution < 1.29 is 0 Å². The molecule has 1 saturated carbocycles. The number of pyridine rings is 1. The lowest BCUT2D eigenvalue weighted by molar-refractivity contribution is 0.278. The van der Waals surface area contributed by atoms with Crippen LogP contribution in [0.1, 0.15) is 25.0 Å². The predicted octanol–water partition coefficient (Wildman–Crippen LogP) is 3.20. The summed E-state index contributed by atoms with van der Waals surface area (Å²) < 4.78 is 2.96. The second kappa shape index (κ2) is 3.70. The van der Waals surface area contributed by atoms with Gasteiger partial charge in [-0.05, 0) is 50.0 Å². The van der Waals surface area contributed by atoms with Gasteiger partial charge in [0, 0.05) is 12.2 Å². The molecule has 0 aliphatic heterocycles. The maximum Gasteiger partial charge on any atom is 0.179 e. The van der Waals surface area contributed by atoms with Gasteiger partial charge >= 0.3 is 0 Å². The standard InChI is InChI=1S/C12H15N3S/c1-8-5-6-10-11(13-8)15(12(16)14-10)7-9-3-2-4-9/h5-6,9H,2-4,7H2,1H3,(H,14,16). The number of nitrogens with one attached hydrogen (secondary N) is 1. The average molecular weight is 233 g/mol. The van der Waals surface area contributed by atoms with Crippen molar-refractivity contribution in [3.63, 3.8) is 0 Å². The summed E-state index contributed by atoms with van der Waals surface area (Å²) in [5.74, 6) is 0.799. The van der Waals surface area contributed by atoms with Crippen LogP contribution in [0.3, 0.4) is 0 Å². The Bertz CT molecular complexity index is 577. The van der Waals surface area contributed by atoms with Gasteiger partial charge < -0.3 is 9.55 Å². The normalized spacial score (nSPS) is 16.6. The number of fused-ring (bicyclic) bond motifs is 1. The third kappa shape index (κ3) is 1.57. The first-order valence-electron chi connectivity index (χ1n) is 5.80. The Hall–Kier alpha value is -1.16. The molecule has 2 aromatic rings. The minimum Gasteiger partial charge on any atom is -0.329 e. The molecule has 0 spiro atoms. The van der Waals surface area contributed by atoms with Gasteiger partial charge in [0.15, 0.2) is 10.4 Å². The molecular weight excluding hydrogens is 218 g/mol. The van der Waals surface area contributed by atoms with Crippen LogP contribution in [0.15, 0.2) is 12.1 Å². The van der Waals surface area contributed by atoms with E-state index < -0.39 is 0 Å². The molecule has 84 valence electrons. The molecule has 0 radical (unpaired) electrons. The molecule has 0 aromatic carbocycles. The number of rotatable bonds is 2. The SMILES string of the molecule is Cc1ccc2[nH]c(=S)n(CC3CCC3)c2n1. The van der Waals surface area contributed by atoms with Crippen LogP contribution in [0.5, 0.6) is 0 Å². The van der Waals surface area contributed by atoms with Crippen molar-refractivity contribution in [2.75, 3.05) is 0 Å². The van der Waals surface area contributed by atoms with E-state index in [0.29, 0.717) is 0 Å². The van der Waals surface area contributed by atoms with Gasteiger partial charge in [-0.1, -0.05) is 6.42 Å². The second-order valence-corrected chi connectivity index (χ2v) is 5.05. The first-order chi connectivity index (χ1) is 7.74. The van der Waals surface area contributed by atoms with Crippen molar-refractivity contribution in [3.05, 3.63) is 22.6 Å². The molecular formula is C12H15N3S. The third-order valence-electron chi connectivity index (χ3n) is 3.42. The largest absolute Gasteiger partial charge is 0.329 e. The lowest BCUT2D eigenvalue weighted by Gasteiger charge is -2.25. The Morgan fingerprint density at radius 1 is 1.50 bits per heavy atom. The van der Waals surface area contributed by atoms with E-state index >= 15 is 0 Å². The van der Waals surface area contributed by atoms with Crippen LogP contribution in [-0.4, -0.2) is 14.5 Å². The lowest BCUT2D eigenvalue weighted by atomic mass is 9.85. The van der Waals surface area contributed by atoms with Crippen molar-refractivity contribution in [2.45, 2.75) is 32.7 Å². The van der Waals surface area contributed by atoms with Gasteiger partial charge in [0.05, 0.1) is 5.52 Å². The summed E-state index contributed by atoms with van der Waals surface area (Å²) in [6.07, 6.45) is 4.04. The smallest absolute Gasteiger partial charge is 0.179 e. The van der Waals surface area contributed by atoms with Crippen molar-refractivity contribution in [1.29, 1.82) is 0 Å². The fourth-order valence-electron chi connectivity index (χ4n) is 2.23. The van der Waals surface area contributed by atoms with Crippen LogP contribution in [0.25, 0.3) is 11.2 Å². The summed E-state index contributed by atoms with van der Waals surface area (Å²) in [4.78, 5) is 7.80. The molecule has 4 heteroatoms. The van der Waals surface area contributed by atoms with E-state index in [4.69, 9.17) is 12.2 Å². The van der Waals surface area contributed by atoms with E-state index in [1.165, 1.54) is 19.3 Å². The van der Waals surface area contributed by atoms with Crippen LogP contribution in [-0.2, 0) is 6.54 Å². The highest BCUT2D eigenvalue weighted by Crippen LogP contribution is 2.29. The topological polar surface area (TPSA) is 33.6 Å². The first kappa shape index (κ1) is 10.0. The molecule has 2 heterocycles. The minimum atomic E-state index is 0.799. The molecule has 1 fully saturated rings. The number of H-pyrrole nitrogens is 1. The predicted molar refractivity (Wildman–Crippen MR) is 67.0 cm³/mol. The van der Waals surface area contributed by atoms with E-state index in [1.807, 2.05) is 13.0 Å². The summed E-state index contributed by atoms with van der Waals surface area (Å²) in [7, 11) is 0. The number of aromatic nitrogens is 3. The van der Waals surface area contributed by atoms with Gasteiger partial charge in [0.2, 0.25) is 0 Å². The Kier molecular flexibility index (Phi) is 2.32.